The molecule has 0 unspecified atom stereocenters. The van der Waals surface area contributed by atoms with Crippen LogP contribution >= 0.6 is 0 Å². The van der Waals surface area contributed by atoms with Crippen LogP contribution < -0.4 is 0 Å². The SMILES string of the molecule is c1ccc(-c2cccc(-c3nc(-c4ccccc4)nc(-c4cccc5oc6ccc(-n7c8ccccc8c8ccc(-c9ccccc9)cc87)cc6c45)n3)c2)cc1. The molecule has 0 saturated carbocycles. The summed E-state index contributed by atoms with van der Waals surface area (Å²) in [4.78, 5) is 15.4. The lowest BCUT2D eigenvalue weighted by atomic mass is 10.0. The van der Waals surface area contributed by atoms with E-state index in [0.717, 1.165) is 66.5 Å². The Hall–Kier alpha value is -7.63. The van der Waals surface area contributed by atoms with Crippen molar-refractivity contribution in [2.45, 2.75) is 0 Å². The van der Waals surface area contributed by atoms with Gasteiger partial charge in [0.2, 0.25) is 0 Å². The summed E-state index contributed by atoms with van der Waals surface area (Å²) in [7, 11) is 0. The van der Waals surface area contributed by atoms with E-state index in [-0.39, 0.29) is 0 Å². The van der Waals surface area contributed by atoms with Crippen molar-refractivity contribution in [1.29, 1.82) is 0 Å². The predicted molar refractivity (Wildman–Crippen MR) is 229 cm³/mol. The number of furan rings is 1. The van der Waals surface area contributed by atoms with E-state index in [1.165, 1.54) is 21.9 Å². The maximum absolute atomic E-state index is 6.55. The summed E-state index contributed by atoms with van der Waals surface area (Å²) >= 11 is 0. The van der Waals surface area contributed by atoms with Crippen LogP contribution in [0.3, 0.4) is 0 Å². The molecule has 0 fully saturated rings. The summed E-state index contributed by atoms with van der Waals surface area (Å²) in [6.45, 7) is 0. The highest BCUT2D eigenvalue weighted by Crippen LogP contribution is 2.40. The van der Waals surface area contributed by atoms with Gasteiger partial charge in [0.25, 0.3) is 0 Å². The summed E-state index contributed by atoms with van der Waals surface area (Å²) in [5, 5.41) is 4.37. The van der Waals surface area contributed by atoms with Crippen LogP contribution in [0.4, 0.5) is 0 Å². The Kier molecular flexibility index (Phi) is 7.42. The summed E-state index contributed by atoms with van der Waals surface area (Å²) in [6, 6.07) is 67.5. The zero-order valence-corrected chi connectivity index (χ0v) is 30.2. The van der Waals surface area contributed by atoms with Gasteiger partial charge >= 0.3 is 0 Å². The Balaban J connectivity index is 1.12. The smallest absolute Gasteiger partial charge is 0.164 e. The first kappa shape index (κ1) is 31.9. The van der Waals surface area contributed by atoms with Crippen LogP contribution in [0.25, 0.3) is 106 Å². The highest BCUT2D eigenvalue weighted by atomic mass is 16.3. The van der Waals surface area contributed by atoms with Crippen molar-refractivity contribution in [1.82, 2.24) is 19.5 Å². The number of para-hydroxylation sites is 1. The number of benzene rings is 8. The van der Waals surface area contributed by atoms with Crippen molar-refractivity contribution in [3.05, 3.63) is 194 Å². The van der Waals surface area contributed by atoms with E-state index in [2.05, 4.69) is 150 Å². The second-order valence-electron chi connectivity index (χ2n) is 14.0. The first-order chi connectivity index (χ1) is 27.7. The fourth-order valence-electron chi connectivity index (χ4n) is 8.01. The molecule has 11 aromatic rings. The maximum atomic E-state index is 6.55. The number of nitrogens with zero attached hydrogens (tertiary/aromatic N) is 4. The number of hydrogen-bond donors (Lipinski definition) is 0. The zero-order valence-electron chi connectivity index (χ0n) is 30.2. The number of rotatable bonds is 6. The number of fused-ring (bicyclic) bond motifs is 6. The number of hydrogen-bond acceptors (Lipinski definition) is 4. The topological polar surface area (TPSA) is 56.7 Å². The van der Waals surface area contributed by atoms with Crippen LogP contribution in [0.2, 0.25) is 0 Å². The second kappa shape index (κ2) is 13.0. The van der Waals surface area contributed by atoms with Crippen LogP contribution in [0.5, 0.6) is 0 Å². The third kappa shape index (κ3) is 5.37. The van der Waals surface area contributed by atoms with E-state index >= 15 is 0 Å². The minimum atomic E-state index is 0.585. The van der Waals surface area contributed by atoms with Gasteiger partial charge in [-0.1, -0.05) is 152 Å². The van der Waals surface area contributed by atoms with Gasteiger partial charge in [-0.25, -0.2) is 15.0 Å². The Morgan fingerprint density at radius 3 is 1.70 bits per heavy atom. The fourth-order valence-corrected chi connectivity index (χ4v) is 8.01. The molecule has 0 spiro atoms. The van der Waals surface area contributed by atoms with Crippen molar-refractivity contribution in [3.63, 3.8) is 0 Å². The van der Waals surface area contributed by atoms with Crippen molar-refractivity contribution >= 4 is 43.7 Å². The summed E-state index contributed by atoms with van der Waals surface area (Å²) < 4.78 is 8.92. The van der Waals surface area contributed by atoms with E-state index < -0.39 is 0 Å². The standard InChI is InChI=1S/C51H32N4O/c1-4-14-33(15-5-1)36-20-12-21-38(30-36)50-52-49(35-18-8-3-9-19-35)53-51(54-50)42-23-13-25-47-48(42)43-32-39(27-29-46(43)56-47)55-44-24-11-10-22-40(44)41-28-26-37(31-45(41)55)34-16-6-2-7-17-34/h1-32H. The van der Waals surface area contributed by atoms with Gasteiger partial charge in [-0.2, -0.15) is 0 Å². The lowest BCUT2D eigenvalue weighted by Gasteiger charge is -2.11. The molecule has 0 aliphatic heterocycles. The second-order valence-corrected chi connectivity index (χ2v) is 14.0. The van der Waals surface area contributed by atoms with Crippen LogP contribution in [-0.2, 0) is 0 Å². The van der Waals surface area contributed by atoms with Gasteiger partial charge in [-0.15, -0.1) is 0 Å². The molecule has 0 saturated heterocycles. The van der Waals surface area contributed by atoms with Crippen molar-refractivity contribution < 1.29 is 4.42 Å². The van der Waals surface area contributed by atoms with Crippen LogP contribution in [0, 0.1) is 0 Å². The molecule has 0 amide bonds. The number of aromatic nitrogens is 4. The molecular formula is C51H32N4O. The molecule has 0 N–H and O–H groups in total. The Morgan fingerprint density at radius 2 is 0.929 bits per heavy atom. The third-order valence-corrected chi connectivity index (χ3v) is 10.7. The van der Waals surface area contributed by atoms with Crippen LogP contribution in [0.15, 0.2) is 199 Å². The zero-order chi connectivity index (χ0) is 37.0. The third-order valence-electron chi connectivity index (χ3n) is 10.7. The van der Waals surface area contributed by atoms with E-state index in [1.54, 1.807) is 0 Å². The lowest BCUT2D eigenvalue weighted by molar-refractivity contribution is 0.669. The minimum Gasteiger partial charge on any atom is -0.456 e. The fraction of sp³-hybridized carbons (Fsp3) is 0. The maximum Gasteiger partial charge on any atom is 0.164 e. The Bertz CT molecular complexity index is 3240. The van der Waals surface area contributed by atoms with Crippen LogP contribution in [-0.4, -0.2) is 19.5 Å². The molecule has 0 aliphatic rings. The normalized spacial score (nSPS) is 11.6. The van der Waals surface area contributed by atoms with Gasteiger partial charge in [0.15, 0.2) is 17.5 Å². The lowest BCUT2D eigenvalue weighted by Crippen LogP contribution is -2.00. The molecular weight excluding hydrogens is 685 g/mol. The average Bonchev–Trinajstić information content (AvgIpc) is 3.82. The molecule has 11 rings (SSSR count). The molecule has 5 heteroatoms. The molecule has 5 nitrogen and oxygen atoms in total. The molecule has 0 bridgehead atoms. The quantitative estimate of drug-likeness (QED) is 0.172. The summed E-state index contributed by atoms with van der Waals surface area (Å²) in [5.74, 6) is 1.80. The molecule has 0 aliphatic carbocycles. The van der Waals surface area contributed by atoms with E-state index in [9.17, 15) is 0 Å². The van der Waals surface area contributed by atoms with E-state index in [1.807, 2.05) is 48.5 Å². The van der Waals surface area contributed by atoms with Crippen molar-refractivity contribution in [2.24, 2.45) is 0 Å². The molecule has 0 radical (unpaired) electrons. The first-order valence-corrected chi connectivity index (χ1v) is 18.8. The van der Waals surface area contributed by atoms with Gasteiger partial charge in [0.1, 0.15) is 11.2 Å². The van der Waals surface area contributed by atoms with Gasteiger partial charge in [0, 0.05) is 43.9 Å². The predicted octanol–water partition coefficient (Wildman–Crippen LogP) is 13.2. The first-order valence-electron chi connectivity index (χ1n) is 18.8. The average molecular weight is 717 g/mol. The molecule has 3 heterocycles. The molecule has 262 valence electrons. The monoisotopic (exact) mass is 716 g/mol. The van der Waals surface area contributed by atoms with Gasteiger partial charge in [-0.05, 0) is 64.7 Å². The van der Waals surface area contributed by atoms with E-state index in [0.29, 0.717) is 17.5 Å². The van der Waals surface area contributed by atoms with Gasteiger partial charge in [-0.3, -0.25) is 0 Å². The van der Waals surface area contributed by atoms with Crippen LogP contribution in [0.1, 0.15) is 0 Å². The van der Waals surface area contributed by atoms with Crippen molar-refractivity contribution in [2.75, 3.05) is 0 Å². The Morgan fingerprint density at radius 1 is 0.339 bits per heavy atom. The highest BCUT2D eigenvalue weighted by Gasteiger charge is 2.20. The Labute approximate surface area is 322 Å². The summed E-state index contributed by atoms with van der Waals surface area (Å²) in [5.41, 5.74) is 12.2. The van der Waals surface area contributed by atoms with E-state index in [4.69, 9.17) is 19.4 Å². The largest absolute Gasteiger partial charge is 0.456 e. The molecule has 56 heavy (non-hydrogen) atoms. The van der Waals surface area contributed by atoms with Gasteiger partial charge in [0.05, 0.1) is 11.0 Å². The highest BCUT2D eigenvalue weighted by molar-refractivity contribution is 6.14. The van der Waals surface area contributed by atoms with Gasteiger partial charge < -0.3 is 8.98 Å². The minimum absolute atomic E-state index is 0.585. The molecule has 8 aromatic carbocycles. The molecule has 3 aromatic heterocycles. The summed E-state index contributed by atoms with van der Waals surface area (Å²) in [6.07, 6.45) is 0. The van der Waals surface area contributed by atoms with Crippen molar-refractivity contribution in [3.8, 4) is 62.1 Å². The molecule has 0 atom stereocenters.